The summed E-state index contributed by atoms with van der Waals surface area (Å²) in [6, 6.07) is 8.53. The first-order valence-electron chi connectivity index (χ1n) is 8.86. The molecule has 0 unspecified atom stereocenters. The predicted molar refractivity (Wildman–Crippen MR) is 100 cm³/mol. The minimum Gasteiger partial charge on any atom is -0.355 e. The Balaban J connectivity index is 1.53. The standard InChI is InChI=1S/C20H23FN2O2S/c1-14-9-11-26-18(14)8-10-22-20(25)16-6-7-19(24)23(13-16)12-15-4-2-3-5-17(15)21/h2-5,9,11,16H,6-8,10,12-13H2,1H3,(H,22,25)/t16-/m1/s1. The molecule has 2 heterocycles. The normalized spacial score (nSPS) is 17.4. The van der Waals surface area contributed by atoms with Crippen molar-refractivity contribution >= 4 is 23.2 Å². The van der Waals surface area contributed by atoms with E-state index in [1.54, 1.807) is 34.4 Å². The van der Waals surface area contributed by atoms with Gasteiger partial charge in [-0.15, -0.1) is 11.3 Å². The minimum absolute atomic E-state index is 0.0217. The Hall–Kier alpha value is -2.21. The van der Waals surface area contributed by atoms with E-state index in [1.807, 2.05) is 0 Å². The van der Waals surface area contributed by atoms with Crippen LogP contribution in [0.1, 0.15) is 28.8 Å². The number of carbonyl (C=O) groups is 2. The third-order valence-electron chi connectivity index (χ3n) is 4.81. The number of rotatable bonds is 6. The smallest absolute Gasteiger partial charge is 0.224 e. The molecule has 3 rings (SSSR count). The number of nitrogens with zero attached hydrogens (tertiary/aromatic N) is 1. The largest absolute Gasteiger partial charge is 0.355 e. The highest BCUT2D eigenvalue weighted by Crippen LogP contribution is 2.21. The van der Waals surface area contributed by atoms with Crippen molar-refractivity contribution in [3.05, 3.63) is 57.5 Å². The molecule has 138 valence electrons. The fraction of sp³-hybridized carbons (Fsp3) is 0.400. The van der Waals surface area contributed by atoms with Crippen LogP contribution in [-0.2, 0) is 22.6 Å². The molecule has 1 aliphatic heterocycles. The van der Waals surface area contributed by atoms with Gasteiger partial charge in [-0.2, -0.15) is 0 Å². The molecule has 1 saturated heterocycles. The van der Waals surface area contributed by atoms with Crippen LogP contribution in [0.15, 0.2) is 35.7 Å². The lowest BCUT2D eigenvalue weighted by molar-refractivity contribution is -0.138. The molecule has 0 bridgehead atoms. The first kappa shape index (κ1) is 18.6. The molecular weight excluding hydrogens is 351 g/mol. The zero-order valence-corrected chi connectivity index (χ0v) is 15.7. The minimum atomic E-state index is -0.321. The number of thiophene rings is 1. The van der Waals surface area contributed by atoms with Crippen LogP contribution in [0.4, 0.5) is 4.39 Å². The van der Waals surface area contributed by atoms with Gasteiger partial charge in [-0.3, -0.25) is 9.59 Å². The molecule has 0 aliphatic carbocycles. The van der Waals surface area contributed by atoms with Crippen molar-refractivity contribution in [1.29, 1.82) is 0 Å². The van der Waals surface area contributed by atoms with Crippen LogP contribution in [-0.4, -0.2) is 29.8 Å². The van der Waals surface area contributed by atoms with E-state index in [0.717, 1.165) is 6.42 Å². The quantitative estimate of drug-likeness (QED) is 0.843. The monoisotopic (exact) mass is 374 g/mol. The van der Waals surface area contributed by atoms with Crippen LogP contribution in [0.2, 0.25) is 0 Å². The van der Waals surface area contributed by atoms with Crippen molar-refractivity contribution in [3.8, 4) is 0 Å². The maximum absolute atomic E-state index is 13.8. The second-order valence-corrected chi connectivity index (χ2v) is 7.67. The van der Waals surface area contributed by atoms with E-state index in [9.17, 15) is 14.0 Å². The summed E-state index contributed by atoms with van der Waals surface area (Å²) in [7, 11) is 0. The molecule has 0 radical (unpaired) electrons. The second-order valence-electron chi connectivity index (χ2n) is 6.67. The molecule has 0 spiro atoms. The number of amides is 2. The molecule has 1 atom stereocenters. The maximum Gasteiger partial charge on any atom is 0.224 e. The van der Waals surface area contributed by atoms with Crippen molar-refractivity contribution < 1.29 is 14.0 Å². The first-order chi connectivity index (χ1) is 12.5. The van der Waals surface area contributed by atoms with Crippen LogP contribution in [0, 0.1) is 18.7 Å². The summed E-state index contributed by atoms with van der Waals surface area (Å²) in [5.41, 5.74) is 1.73. The van der Waals surface area contributed by atoms with Crippen molar-refractivity contribution in [2.45, 2.75) is 32.7 Å². The van der Waals surface area contributed by atoms with Crippen molar-refractivity contribution in [3.63, 3.8) is 0 Å². The molecule has 0 saturated carbocycles. The molecule has 6 heteroatoms. The Morgan fingerprint density at radius 2 is 2.15 bits per heavy atom. The van der Waals surface area contributed by atoms with E-state index in [2.05, 4.69) is 23.7 Å². The number of hydrogen-bond acceptors (Lipinski definition) is 3. The Bertz CT molecular complexity index is 790. The van der Waals surface area contributed by atoms with E-state index in [0.29, 0.717) is 31.5 Å². The van der Waals surface area contributed by atoms with Gasteiger partial charge in [0.25, 0.3) is 0 Å². The van der Waals surface area contributed by atoms with Gasteiger partial charge < -0.3 is 10.2 Å². The summed E-state index contributed by atoms with van der Waals surface area (Å²) in [5, 5.41) is 5.04. The van der Waals surface area contributed by atoms with E-state index < -0.39 is 0 Å². The molecule has 1 N–H and O–H groups in total. The van der Waals surface area contributed by atoms with E-state index in [4.69, 9.17) is 0 Å². The summed E-state index contributed by atoms with van der Waals surface area (Å²) in [6.07, 6.45) is 1.70. The topological polar surface area (TPSA) is 49.4 Å². The zero-order chi connectivity index (χ0) is 18.5. The lowest BCUT2D eigenvalue weighted by Crippen LogP contribution is -2.45. The van der Waals surface area contributed by atoms with Crippen molar-refractivity contribution in [2.24, 2.45) is 5.92 Å². The third kappa shape index (κ3) is 4.49. The molecule has 1 aromatic carbocycles. The van der Waals surface area contributed by atoms with Crippen LogP contribution >= 0.6 is 11.3 Å². The Morgan fingerprint density at radius 1 is 1.35 bits per heavy atom. The number of carbonyl (C=O) groups excluding carboxylic acids is 2. The number of benzene rings is 1. The number of likely N-dealkylation sites (tertiary alicyclic amines) is 1. The van der Waals surface area contributed by atoms with Crippen molar-refractivity contribution in [1.82, 2.24) is 10.2 Å². The summed E-state index contributed by atoms with van der Waals surface area (Å²) < 4.78 is 13.8. The summed E-state index contributed by atoms with van der Waals surface area (Å²) in [5.74, 6) is -0.598. The molecule has 26 heavy (non-hydrogen) atoms. The average Bonchev–Trinajstić information content (AvgIpc) is 3.03. The average molecular weight is 374 g/mol. The van der Waals surface area contributed by atoms with Crippen LogP contribution in [0.25, 0.3) is 0 Å². The van der Waals surface area contributed by atoms with Gasteiger partial charge in [0.2, 0.25) is 11.8 Å². The number of halogens is 1. The van der Waals surface area contributed by atoms with E-state index in [-0.39, 0.29) is 30.1 Å². The molecule has 1 fully saturated rings. The van der Waals surface area contributed by atoms with Crippen LogP contribution in [0.3, 0.4) is 0 Å². The number of piperidine rings is 1. The molecular formula is C20H23FN2O2S. The van der Waals surface area contributed by atoms with Gasteiger partial charge in [0, 0.05) is 36.5 Å². The lowest BCUT2D eigenvalue weighted by Gasteiger charge is -2.32. The van der Waals surface area contributed by atoms with Gasteiger partial charge in [0.05, 0.1) is 5.92 Å². The van der Waals surface area contributed by atoms with Crippen molar-refractivity contribution in [2.75, 3.05) is 13.1 Å². The predicted octanol–water partition coefficient (Wildman–Crippen LogP) is 3.29. The van der Waals surface area contributed by atoms with Crippen LogP contribution in [0.5, 0.6) is 0 Å². The maximum atomic E-state index is 13.8. The van der Waals surface area contributed by atoms with Gasteiger partial charge >= 0.3 is 0 Å². The van der Waals surface area contributed by atoms with Crippen LogP contribution < -0.4 is 5.32 Å². The van der Waals surface area contributed by atoms with E-state index >= 15 is 0 Å². The summed E-state index contributed by atoms with van der Waals surface area (Å²) in [4.78, 5) is 27.5. The highest BCUT2D eigenvalue weighted by Gasteiger charge is 2.30. The Kier molecular flexibility index (Phi) is 6.04. The fourth-order valence-electron chi connectivity index (χ4n) is 3.22. The SMILES string of the molecule is Cc1ccsc1CCNC(=O)[C@@H]1CCC(=O)N(Cc2ccccc2F)C1. The van der Waals surface area contributed by atoms with Gasteiger partial charge in [0.1, 0.15) is 5.82 Å². The lowest BCUT2D eigenvalue weighted by atomic mass is 9.96. The molecule has 4 nitrogen and oxygen atoms in total. The molecule has 1 aromatic heterocycles. The third-order valence-corrected chi connectivity index (χ3v) is 5.89. The molecule has 1 aliphatic rings. The highest BCUT2D eigenvalue weighted by molar-refractivity contribution is 7.10. The number of aryl methyl sites for hydroxylation is 1. The summed E-state index contributed by atoms with van der Waals surface area (Å²) >= 11 is 1.70. The van der Waals surface area contributed by atoms with Gasteiger partial charge in [0.15, 0.2) is 0 Å². The fourth-order valence-corrected chi connectivity index (χ4v) is 4.13. The highest BCUT2D eigenvalue weighted by atomic mass is 32.1. The Labute approximate surface area is 157 Å². The zero-order valence-electron chi connectivity index (χ0n) is 14.8. The van der Waals surface area contributed by atoms with Gasteiger partial charge in [-0.05, 0) is 42.8 Å². The first-order valence-corrected chi connectivity index (χ1v) is 9.74. The van der Waals surface area contributed by atoms with E-state index in [1.165, 1.54) is 16.5 Å². The molecule has 2 amide bonds. The number of hydrogen-bond donors (Lipinski definition) is 1. The summed E-state index contributed by atoms with van der Waals surface area (Å²) in [6.45, 7) is 3.22. The Morgan fingerprint density at radius 3 is 2.88 bits per heavy atom. The molecule has 2 aromatic rings. The van der Waals surface area contributed by atoms with Gasteiger partial charge in [-0.1, -0.05) is 18.2 Å². The van der Waals surface area contributed by atoms with Gasteiger partial charge in [-0.25, -0.2) is 4.39 Å². The number of nitrogens with one attached hydrogen (secondary N) is 1. The second kappa shape index (κ2) is 8.45.